The van der Waals surface area contributed by atoms with E-state index in [4.69, 9.17) is 9.47 Å². The van der Waals surface area contributed by atoms with Crippen LogP contribution in [0.3, 0.4) is 0 Å². The molecule has 0 bridgehead atoms. The zero-order valence-electron chi connectivity index (χ0n) is 11.7. The minimum absolute atomic E-state index is 0.335. The molecule has 0 amide bonds. The summed E-state index contributed by atoms with van der Waals surface area (Å²) in [6, 6.07) is 0.997. The Labute approximate surface area is 110 Å². The second kappa shape index (κ2) is 7.40. The Hall–Kier alpha value is -0.200. The van der Waals surface area contributed by atoms with Crippen molar-refractivity contribution in [1.29, 1.82) is 0 Å². The van der Waals surface area contributed by atoms with Gasteiger partial charge < -0.3 is 25.0 Å². The number of morpholine rings is 2. The van der Waals surface area contributed by atoms with Gasteiger partial charge in [-0.1, -0.05) is 0 Å². The smallest absolute Gasteiger partial charge is 0.0826 e. The molecule has 3 unspecified atom stereocenters. The van der Waals surface area contributed by atoms with Crippen LogP contribution in [0.25, 0.3) is 0 Å². The van der Waals surface area contributed by atoms with Crippen LogP contribution in [-0.2, 0) is 9.47 Å². The van der Waals surface area contributed by atoms with Crippen LogP contribution >= 0.6 is 0 Å². The van der Waals surface area contributed by atoms with Crippen LogP contribution in [0.2, 0.25) is 0 Å². The van der Waals surface area contributed by atoms with Gasteiger partial charge >= 0.3 is 0 Å². The lowest BCUT2D eigenvalue weighted by atomic mass is 10.1. The fourth-order valence-electron chi connectivity index (χ4n) is 2.60. The summed E-state index contributed by atoms with van der Waals surface area (Å²) >= 11 is 0. The molecule has 0 aliphatic carbocycles. The Kier molecular flexibility index (Phi) is 5.85. The Balaban J connectivity index is 1.60. The van der Waals surface area contributed by atoms with Gasteiger partial charge in [0.05, 0.1) is 25.9 Å². The first-order valence-corrected chi connectivity index (χ1v) is 7.08. The molecule has 18 heavy (non-hydrogen) atoms. The number of likely N-dealkylation sites (N-methyl/N-ethyl adjacent to an activating group) is 1. The van der Waals surface area contributed by atoms with E-state index in [2.05, 4.69) is 29.5 Å². The number of nitrogens with zero attached hydrogens (tertiary/aromatic N) is 1. The lowest BCUT2D eigenvalue weighted by molar-refractivity contribution is -0.0195. The van der Waals surface area contributed by atoms with Gasteiger partial charge in [0.2, 0.25) is 0 Å². The van der Waals surface area contributed by atoms with Crippen molar-refractivity contribution < 1.29 is 9.47 Å². The minimum Gasteiger partial charge on any atom is -0.379 e. The zero-order valence-corrected chi connectivity index (χ0v) is 11.7. The van der Waals surface area contributed by atoms with Crippen LogP contribution in [0.15, 0.2) is 0 Å². The molecular weight excluding hydrogens is 230 g/mol. The minimum atomic E-state index is 0.335. The maximum atomic E-state index is 5.74. The molecule has 0 spiro atoms. The highest BCUT2D eigenvalue weighted by Crippen LogP contribution is 2.05. The van der Waals surface area contributed by atoms with Crippen LogP contribution in [0.5, 0.6) is 0 Å². The third-order valence-electron chi connectivity index (χ3n) is 3.67. The van der Waals surface area contributed by atoms with Gasteiger partial charge in [0.25, 0.3) is 0 Å². The van der Waals surface area contributed by atoms with E-state index in [1.807, 2.05) is 0 Å². The molecule has 2 N–H and O–H groups in total. The van der Waals surface area contributed by atoms with Gasteiger partial charge in [0, 0.05) is 38.3 Å². The number of nitrogens with one attached hydrogen (secondary N) is 2. The Morgan fingerprint density at radius 1 is 1.44 bits per heavy atom. The lowest BCUT2D eigenvalue weighted by Crippen LogP contribution is -2.48. The molecular formula is C13H27N3O2. The summed E-state index contributed by atoms with van der Waals surface area (Å²) in [5.41, 5.74) is 0. The number of hydrogen-bond acceptors (Lipinski definition) is 5. The predicted molar refractivity (Wildman–Crippen MR) is 71.9 cm³/mol. The van der Waals surface area contributed by atoms with Crippen LogP contribution < -0.4 is 10.6 Å². The Morgan fingerprint density at radius 2 is 2.33 bits per heavy atom. The highest BCUT2D eigenvalue weighted by atomic mass is 16.5. The highest BCUT2D eigenvalue weighted by molar-refractivity contribution is 4.78. The molecule has 2 fully saturated rings. The van der Waals surface area contributed by atoms with Crippen molar-refractivity contribution in [3.8, 4) is 0 Å². The Morgan fingerprint density at radius 3 is 3.06 bits per heavy atom. The molecule has 0 aromatic heterocycles. The SMILES string of the molecule is CC(CC1COCCN1)NCC1CN(C)CCO1. The molecule has 0 aromatic carbocycles. The van der Waals surface area contributed by atoms with Crippen molar-refractivity contribution in [2.75, 3.05) is 53.0 Å². The quantitative estimate of drug-likeness (QED) is 0.706. The first-order valence-electron chi connectivity index (χ1n) is 7.08. The van der Waals surface area contributed by atoms with Gasteiger partial charge in [0.15, 0.2) is 0 Å². The third kappa shape index (κ3) is 4.82. The van der Waals surface area contributed by atoms with Gasteiger partial charge in [-0.05, 0) is 20.4 Å². The fraction of sp³-hybridized carbons (Fsp3) is 1.00. The van der Waals surface area contributed by atoms with E-state index in [1.165, 1.54) is 0 Å². The fourth-order valence-corrected chi connectivity index (χ4v) is 2.60. The number of rotatable bonds is 5. The normalized spacial score (nSPS) is 32.3. The van der Waals surface area contributed by atoms with E-state index in [9.17, 15) is 0 Å². The van der Waals surface area contributed by atoms with E-state index in [1.54, 1.807) is 0 Å². The molecule has 3 atom stereocenters. The largest absolute Gasteiger partial charge is 0.379 e. The van der Waals surface area contributed by atoms with Crippen LogP contribution in [-0.4, -0.2) is 76.1 Å². The predicted octanol–water partition coefficient (Wildman–Crippen LogP) is -0.326. The maximum absolute atomic E-state index is 5.74. The van der Waals surface area contributed by atoms with Crippen molar-refractivity contribution >= 4 is 0 Å². The summed E-state index contributed by atoms with van der Waals surface area (Å²) in [5.74, 6) is 0. The average molecular weight is 257 g/mol. The summed E-state index contributed by atoms with van der Waals surface area (Å²) in [4.78, 5) is 2.33. The van der Waals surface area contributed by atoms with Crippen molar-refractivity contribution in [2.45, 2.75) is 31.5 Å². The molecule has 2 aliphatic rings. The molecule has 0 aromatic rings. The first-order chi connectivity index (χ1) is 8.74. The van der Waals surface area contributed by atoms with Crippen molar-refractivity contribution in [2.24, 2.45) is 0 Å². The summed E-state index contributed by atoms with van der Waals surface area (Å²) in [5, 5.41) is 7.06. The average Bonchev–Trinajstić information content (AvgIpc) is 2.38. The molecule has 5 heteroatoms. The van der Waals surface area contributed by atoms with E-state index in [0.29, 0.717) is 18.2 Å². The van der Waals surface area contributed by atoms with Gasteiger partial charge in [-0.15, -0.1) is 0 Å². The highest BCUT2D eigenvalue weighted by Gasteiger charge is 2.20. The standard InChI is InChI=1S/C13H27N3O2/c1-11(7-12-10-17-5-3-14-12)15-8-13-9-16(2)4-6-18-13/h11-15H,3-10H2,1-2H3. The van der Waals surface area contributed by atoms with Gasteiger partial charge in [-0.2, -0.15) is 0 Å². The molecule has 2 aliphatic heterocycles. The first kappa shape index (κ1) is 14.2. The molecule has 2 saturated heterocycles. The van der Waals surface area contributed by atoms with E-state index in [-0.39, 0.29) is 0 Å². The molecule has 5 nitrogen and oxygen atoms in total. The second-order valence-corrected chi connectivity index (χ2v) is 5.53. The molecule has 2 heterocycles. The van der Waals surface area contributed by atoms with E-state index < -0.39 is 0 Å². The number of ether oxygens (including phenoxy) is 2. The molecule has 0 saturated carbocycles. The van der Waals surface area contributed by atoms with E-state index in [0.717, 1.165) is 52.4 Å². The monoisotopic (exact) mass is 257 g/mol. The number of hydrogen-bond donors (Lipinski definition) is 2. The summed E-state index contributed by atoms with van der Waals surface area (Å²) in [7, 11) is 2.15. The molecule has 106 valence electrons. The topological polar surface area (TPSA) is 45.8 Å². The summed E-state index contributed by atoms with van der Waals surface area (Å²) < 4.78 is 11.2. The van der Waals surface area contributed by atoms with Crippen molar-refractivity contribution in [1.82, 2.24) is 15.5 Å². The lowest BCUT2D eigenvalue weighted by Gasteiger charge is -2.32. The maximum Gasteiger partial charge on any atom is 0.0826 e. The molecule has 2 rings (SSSR count). The van der Waals surface area contributed by atoms with Crippen LogP contribution in [0.1, 0.15) is 13.3 Å². The van der Waals surface area contributed by atoms with E-state index >= 15 is 0 Å². The van der Waals surface area contributed by atoms with Crippen molar-refractivity contribution in [3.63, 3.8) is 0 Å². The van der Waals surface area contributed by atoms with Crippen molar-refractivity contribution in [3.05, 3.63) is 0 Å². The van der Waals surface area contributed by atoms with Crippen LogP contribution in [0, 0.1) is 0 Å². The second-order valence-electron chi connectivity index (χ2n) is 5.53. The third-order valence-corrected chi connectivity index (χ3v) is 3.67. The van der Waals surface area contributed by atoms with Gasteiger partial charge in [-0.25, -0.2) is 0 Å². The molecule has 0 radical (unpaired) electrons. The summed E-state index contributed by atoms with van der Waals surface area (Å²) in [6.07, 6.45) is 1.45. The zero-order chi connectivity index (χ0) is 12.8. The summed E-state index contributed by atoms with van der Waals surface area (Å²) in [6.45, 7) is 8.79. The van der Waals surface area contributed by atoms with Gasteiger partial charge in [0.1, 0.15) is 0 Å². The van der Waals surface area contributed by atoms with Gasteiger partial charge in [-0.3, -0.25) is 0 Å². The van der Waals surface area contributed by atoms with Crippen LogP contribution in [0.4, 0.5) is 0 Å². The Bertz CT molecular complexity index is 234.